The third-order valence-electron chi connectivity index (χ3n) is 4.02. The van der Waals surface area contributed by atoms with Gasteiger partial charge in [0.1, 0.15) is 11.9 Å². The molecular formula is C15H18BrNO3. The molecule has 0 aliphatic carbocycles. The van der Waals surface area contributed by atoms with Gasteiger partial charge in [-0.05, 0) is 43.9 Å². The smallest absolute Gasteiger partial charge is 0.338 e. The maximum atomic E-state index is 11.6. The lowest BCUT2D eigenvalue weighted by Gasteiger charge is -2.29. The molecule has 3 atom stereocenters. The number of carbonyl (C=O) groups excluding carboxylic acids is 1. The first-order valence-corrected chi connectivity index (χ1v) is 7.75. The molecule has 1 aromatic rings. The molecule has 108 valence electrons. The standard InChI is InChI=1S/C15H18BrNO3/c1-19-15(18)9-4-10(16)6-13(5-9)20-14-7-11-2-3-12(8-14)17-11/h4-6,11-12,14,17H,2-3,7-8H2,1H3/t11-,12+,14?. The Morgan fingerprint density at radius 2 is 1.95 bits per heavy atom. The number of methoxy groups -OCH3 is 1. The van der Waals surface area contributed by atoms with Crippen LogP contribution in [-0.2, 0) is 4.74 Å². The van der Waals surface area contributed by atoms with Crippen molar-refractivity contribution in [1.29, 1.82) is 0 Å². The minimum Gasteiger partial charge on any atom is -0.490 e. The Bertz CT molecular complexity index is 508. The van der Waals surface area contributed by atoms with Crippen molar-refractivity contribution in [1.82, 2.24) is 5.32 Å². The topological polar surface area (TPSA) is 47.6 Å². The van der Waals surface area contributed by atoms with E-state index in [1.165, 1.54) is 20.0 Å². The van der Waals surface area contributed by atoms with Crippen LogP contribution in [-0.4, -0.2) is 31.3 Å². The van der Waals surface area contributed by atoms with Gasteiger partial charge >= 0.3 is 5.97 Å². The van der Waals surface area contributed by atoms with E-state index in [2.05, 4.69) is 21.2 Å². The lowest BCUT2D eigenvalue weighted by Crippen LogP contribution is -2.42. The molecule has 2 aliphatic heterocycles. The van der Waals surface area contributed by atoms with Crippen LogP contribution >= 0.6 is 15.9 Å². The van der Waals surface area contributed by atoms with Crippen LogP contribution < -0.4 is 10.1 Å². The number of nitrogens with one attached hydrogen (secondary N) is 1. The van der Waals surface area contributed by atoms with Crippen LogP contribution in [0.1, 0.15) is 36.0 Å². The van der Waals surface area contributed by atoms with Gasteiger partial charge in [-0.15, -0.1) is 0 Å². The molecule has 1 N–H and O–H groups in total. The third-order valence-corrected chi connectivity index (χ3v) is 4.48. The highest BCUT2D eigenvalue weighted by molar-refractivity contribution is 9.10. The zero-order chi connectivity index (χ0) is 14.1. The average Bonchev–Trinajstić information content (AvgIpc) is 2.76. The van der Waals surface area contributed by atoms with Crippen molar-refractivity contribution >= 4 is 21.9 Å². The fraction of sp³-hybridized carbons (Fsp3) is 0.533. The normalized spacial score (nSPS) is 28.2. The molecule has 2 saturated heterocycles. The van der Waals surface area contributed by atoms with Gasteiger partial charge in [0, 0.05) is 16.6 Å². The van der Waals surface area contributed by atoms with E-state index >= 15 is 0 Å². The Hall–Kier alpha value is -1.07. The summed E-state index contributed by atoms with van der Waals surface area (Å²) in [5.41, 5.74) is 0.508. The van der Waals surface area contributed by atoms with E-state index in [-0.39, 0.29) is 12.1 Å². The predicted molar refractivity (Wildman–Crippen MR) is 79.1 cm³/mol. The second-order valence-electron chi connectivity index (χ2n) is 5.52. The summed E-state index contributed by atoms with van der Waals surface area (Å²) in [7, 11) is 1.38. The van der Waals surface area contributed by atoms with Crippen LogP contribution in [0.2, 0.25) is 0 Å². The lowest BCUT2D eigenvalue weighted by molar-refractivity contribution is 0.0599. The second-order valence-corrected chi connectivity index (χ2v) is 6.43. The van der Waals surface area contributed by atoms with Gasteiger partial charge in [0.2, 0.25) is 0 Å². The van der Waals surface area contributed by atoms with Crippen molar-refractivity contribution < 1.29 is 14.3 Å². The molecule has 1 aromatic carbocycles. The fourth-order valence-corrected chi connectivity index (χ4v) is 3.63. The minimum absolute atomic E-state index is 0.230. The zero-order valence-electron chi connectivity index (χ0n) is 11.4. The monoisotopic (exact) mass is 339 g/mol. The van der Waals surface area contributed by atoms with Gasteiger partial charge < -0.3 is 14.8 Å². The van der Waals surface area contributed by atoms with Gasteiger partial charge in [0.15, 0.2) is 0 Å². The Balaban J connectivity index is 1.73. The fourth-order valence-electron chi connectivity index (χ4n) is 3.16. The number of hydrogen-bond donors (Lipinski definition) is 1. The molecule has 0 aromatic heterocycles. The van der Waals surface area contributed by atoms with E-state index in [0.717, 1.165) is 23.1 Å². The van der Waals surface area contributed by atoms with Crippen LogP contribution in [0.3, 0.4) is 0 Å². The van der Waals surface area contributed by atoms with E-state index < -0.39 is 0 Å². The largest absolute Gasteiger partial charge is 0.490 e. The molecule has 0 spiro atoms. The first kappa shape index (κ1) is 13.9. The highest BCUT2D eigenvalue weighted by Gasteiger charge is 2.34. The maximum Gasteiger partial charge on any atom is 0.338 e. The number of ether oxygens (including phenoxy) is 2. The number of halogens is 1. The third kappa shape index (κ3) is 2.99. The molecule has 0 saturated carbocycles. The van der Waals surface area contributed by atoms with Gasteiger partial charge in [0.05, 0.1) is 12.7 Å². The Morgan fingerprint density at radius 1 is 1.25 bits per heavy atom. The van der Waals surface area contributed by atoms with Crippen LogP contribution in [0.5, 0.6) is 5.75 Å². The summed E-state index contributed by atoms with van der Waals surface area (Å²) in [6.45, 7) is 0. The van der Waals surface area contributed by atoms with Gasteiger partial charge in [-0.25, -0.2) is 4.79 Å². The predicted octanol–water partition coefficient (Wildman–Crippen LogP) is 2.90. The van der Waals surface area contributed by atoms with Gasteiger partial charge in [-0.1, -0.05) is 15.9 Å². The molecule has 0 radical (unpaired) electrons. The van der Waals surface area contributed by atoms with E-state index in [0.29, 0.717) is 17.6 Å². The lowest BCUT2D eigenvalue weighted by atomic mass is 10.0. The SMILES string of the molecule is COC(=O)c1cc(Br)cc(OC2C[C@H]3CC[C@@H](C2)N3)c1. The minimum atomic E-state index is -0.346. The Kier molecular flexibility index (Phi) is 3.98. The summed E-state index contributed by atoms with van der Waals surface area (Å²) >= 11 is 3.41. The van der Waals surface area contributed by atoms with Crippen molar-refractivity contribution in [2.24, 2.45) is 0 Å². The summed E-state index contributed by atoms with van der Waals surface area (Å²) in [5.74, 6) is 0.382. The van der Waals surface area contributed by atoms with Gasteiger partial charge in [-0.2, -0.15) is 0 Å². The molecule has 4 nitrogen and oxygen atoms in total. The van der Waals surface area contributed by atoms with Crippen molar-refractivity contribution in [2.75, 3.05) is 7.11 Å². The van der Waals surface area contributed by atoms with E-state index in [9.17, 15) is 4.79 Å². The number of benzene rings is 1. The summed E-state index contributed by atoms with van der Waals surface area (Å²) in [5, 5.41) is 3.59. The first-order chi connectivity index (χ1) is 9.64. The summed E-state index contributed by atoms with van der Waals surface area (Å²) in [6, 6.07) is 6.57. The molecule has 2 heterocycles. The first-order valence-electron chi connectivity index (χ1n) is 6.95. The van der Waals surface area contributed by atoms with Crippen molar-refractivity contribution in [3.63, 3.8) is 0 Å². The number of rotatable bonds is 3. The Morgan fingerprint density at radius 3 is 2.60 bits per heavy atom. The highest BCUT2D eigenvalue weighted by atomic mass is 79.9. The molecule has 2 fully saturated rings. The number of fused-ring (bicyclic) bond motifs is 2. The van der Waals surface area contributed by atoms with Crippen LogP contribution in [0.25, 0.3) is 0 Å². The number of piperidine rings is 1. The molecule has 20 heavy (non-hydrogen) atoms. The quantitative estimate of drug-likeness (QED) is 0.860. The van der Waals surface area contributed by atoms with E-state index in [1.807, 2.05) is 6.07 Å². The second kappa shape index (κ2) is 5.74. The van der Waals surface area contributed by atoms with Crippen LogP contribution in [0.15, 0.2) is 22.7 Å². The van der Waals surface area contributed by atoms with Crippen LogP contribution in [0, 0.1) is 0 Å². The molecular weight excluding hydrogens is 322 g/mol. The average molecular weight is 340 g/mol. The molecule has 3 rings (SSSR count). The maximum absolute atomic E-state index is 11.6. The van der Waals surface area contributed by atoms with E-state index in [1.54, 1.807) is 12.1 Å². The number of hydrogen-bond acceptors (Lipinski definition) is 4. The van der Waals surface area contributed by atoms with Crippen molar-refractivity contribution in [3.05, 3.63) is 28.2 Å². The Labute approximate surface area is 127 Å². The van der Waals surface area contributed by atoms with E-state index in [4.69, 9.17) is 9.47 Å². The number of esters is 1. The summed E-state index contributed by atoms with van der Waals surface area (Å²) in [6.07, 6.45) is 4.80. The highest BCUT2D eigenvalue weighted by Crippen LogP contribution is 2.31. The van der Waals surface area contributed by atoms with Crippen molar-refractivity contribution in [3.8, 4) is 5.75 Å². The molecule has 0 amide bonds. The molecule has 1 unspecified atom stereocenters. The molecule has 2 bridgehead atoms. The van der Waals surface area contributed by atoms with Gasteiger partial charge in [0.25, 0.3) is 0 Å². The van der Waals surface area contributed by atoms with Gasteiger partial charge in [-0.3, -0.25) is 0 Å². The summed E-state index contributed by atoms with van der Waals surface area (Å²) < 4.78 is 11.7. The zero-order valence-corrected chi connectivity index (χ0v) is 13.0. The molecule has 5 heteroatoms. The van der Waals surface area contributed by atoms with Crippen LogP contribution in [0.4, 0.5) is 0 Å². The summed E-state index contributed by atoms with van der Waals surface area (Å²) in [4.78, 5) is 11.6. The molecule has 2 aliphatic rings. The van der Waals surface area contributed by atoms with Crippen molar-refractivity contribution in [2.45, 2.75) is 43.9 Å². The number of carbonyl (C=O) groups is 1.